The number of hydrogen-bond donors (Lipinski definition) is 0. The van der Waals surface area contributed by atoms with Gasteiger partial charge in [-0.3, -0.25) is 14.5 Å². The van der Waals surface area contributed by atoms with Crippen molar-refractivity contribution in [1.82, 2.24) is 4.90 Å². The lowest BCUT2D eigenvalue weighted by Gasteiger charge is -2.40. The van der Waals surface area contributed by atoms with Gasteiger partial charge in [-0.15, -0.1) is 0 Å². The molecule has 0 radical (unpaired) electrons. The zero-order valence-electron chi connectivity index (χ0n) is 15.7. The van der Waals surface area contributed by atoms with Gasteiger partial charge in [0.15, 0.2) is 12.5 Å². The summed E-state index contributed by atoms with van der Waals surface area (Å²) in [5.41, 5.74) is 0.859. The predicted molar refractivity (Wildman–Crippen MR) is 101 cm³/mol. The highest BCUT2D eigenvalue weighted by molar-refractivity contribution is 6.21. The molecule has 1 heterocycles. The monoisotopic (exact) mass is 367 g/mol. The fraction of sp³-hybridized carbons (Fsp3) is 0.273. The van der Waals surface area contributed by atoms with E-state index in [2.05, 4.69) is 0 Å². The molecule has 0 unspecified atom stereocenters. The number of amides is 1. The summed E-state index contributed by atoms with van der Waals surface area (Å²) >= 11 is 0. The number of carbonyl (C=O) groups is 2. The molecule has 1 aliphatic rings. The van der Waals surface area contributed by atoms with Crippen LogP contribution in [0.5, 0.6) is 0 Å². The smallest absolute Gasteiger partial charge is 0.261 e. The lowest BCUT2D eigenvalue weighted by molar-refractivity contribution is -0.148. The first kappa shape index (κ1) is 18.8. The Bertz CT molecular complexity index is 886. The zero-order valence-corrected chi connectivity index (χ0v) is 15.7. The molecule has 0 aromatic heterocycles. The summed E-state index contributed by atoms with van der Waals surface area (Å²) in [6, 6.07) is 15.1. The zero-order chi connectivity index (χ0) is 19.6. The molecule has 0 saturated carbocycles. The van der Waals surface area contributed by atoms with Gasteiger partial charge in [-0.25, -0.2) is 4.39 Å². The summed E-state index contributed by atoms with van der Waals surface area (Å²) in [7, 11) is 0. The van der Waals surface area contributed by atoms with Crippen molar-refractivity contribution in [2.24, 2.45) is 0 Å². The number of allylic oxidation sites excluding steroid dienone is 1. The summed E-state index contributed by atoms with van der Waals surface area (Å²) in [5, 5.41) is 0. The molecule has 0 atom stereocenters. The number of ether oxygens (including phenoxy) is 1. The highest BCUT2D eigenvalue weighted by Gasteiger charge is 2.41. The molecule has 27 heavy (non-hydrogen) atoms. The highest BCUT2D eigenvalue weighted by Crippen LogP contribution is 2.31. The quantitative estimate of drug-likeness (QED) is 0.804. The van der Waals surface area contributed by atoms with Crippen LogP contribution in [0.4, 0.5) is 4.39 Å². The Morgan fingerprint density at radius 2 is 1.74 bits per heavy atom. The second-order valence-corrected chi connectivity index (χ2v) is 7.09. The van der Waals surface area contributed by atoms with Crippen molar-refractivity contribution in [3.8, 4) is 0 Å². The average molecular weight is 367 g/mol. The van der Waals surface area contributed by atoms with E-state index in [1.165, 1.54) is 17.0 Å². The van der Waals surface area contributed by atoms with Gasteiger partial charge >= 0.3 is 0 Å². The molecule has 0 fully saturated rings. The minimum absolute atomic E-state index is 0.0170. The van der Waals surface area contributed by atoms with Crippen LogP contribution in [0.1, 0.15) is 31.9 Å². The van der Waals surface area contributed by atoms with Crippen LogP contribution in [0.25, 0.3) is 5.57 Å². The number of nitrogens with zero attached hydrogens (tertiary/aromatic N) is 1. The molecule has 2 aromatic rings. The summed E-state index contributed by atoms with van der Waals surface area (Å²) in [6.07, 6.45) is 0.112. The predicted octanol–water partition coefficient (Wildman–Crippen LogP) is 3.96. The van der Waals surface area contributed by atoms with E-state index in [1.807, 2.05) is 30.3 Å². The second kappa shape index (κ2) is 7.35. The Kier molecular flexibility index (Phi) is 5.13. The number of rotatable bonds is 5. The van der Waals surface area contributed by atoms with Crippen LogP contribution >= 0.6 is 0 Å². The van der Waals surface area contributed by atoms with E-state index in [0.29, 0.717) is 16.9 Å². The maximum atomic E-state index is 13.2. The topological polar surface area (TPSA) is 46.6 Å². The average Bonchev–Trinajstić information content (AvgIpc) is 2.64. The summed E-state index contributed by atoms with van der Waals surface area (Å²) in [5.74, 6) is -0.178. The second-order valence-electron chi connectivity index (χ2n) is 7.09. The molecular formula is C22H22FNO3. The van der Waals surface area contributed by atoms with Gasteiger partial charge in [0.05, 0.1) is 11.1 Å². The Morgan fingerprint density at radius 3 is 2.37 bits per heavy atom. The lowest BCUT2D eigenvalue weighted by Crippen LogP contribution is -2.56. The molecule has 3 rings (SSSR count). The van der Waals surface area contributed by atoms with Gasteiger partial charge in [-0.05, 0) is 44.0 Å². The highest BCUT2D eigenvalue weighted by atomic mass is 19.1. The Balaban J connectivity index is 1.85. The minimum Gasteiger partial charge on any atom is -0.477 e. The summed E-state index contributed by atoms with van der Waals surface area (Å²) in [4.78, 5) is 27.6. The Labute approximate surface area is 158 Å². The molecule has 1 amide bonds. The maximum Gasteiger partial charge on any atom is 0.261 e. The number of hydrogen-bond acceptors (Lipinski definition) is 3. The van der Waals surface area contributed by atoms with Gasteiger partial charge in [0, 0.05) is 6.42 Å². The minimum atomic E-state index is -1.06. The van der Waals surface area contributed by atoms with Gasteiger partial charge < -0.3 is 4.74 Å². The number of halogens is 1. The van der Waals surface area contributed by atoms with Crippen LogP contribution in [-0.4, -0.2) is 28.9 Å². The molecule has 0 spiro atoms. The van der Waals surface area contributed by atoms with Crippen molar-refractivity contribution >= 4 is 17.3 Å². The van der Waals surface area contributed by atoms with E-state index < -0.39 is 5.54 Å². The van der Waals surface area contributed by atoms with Crippen molar-refractivity contribution in [2.75, 3.05) is 6.73 Å². The fourth-order valence-electron chi connectivity index (χ4n) is 3.08. The van der Waals surface area contributed by atoms with Crippen LogP contribution in [-0.2, 0) is 20.7 Å². The molecule has 1 aliphatic heterocycles. The normalized spacial score (nSPS) is 15.0. The number of benzene rings is 2. The summed E-state index contributed by atoms with van der Waals surface area (Å²) < 4.78 is 18.8. The first-order chi connectivity index (χ1) is 12.8. The van der Waals surface area contributed by atoms with E-state index in [9.17, 15) is 14.0 Å². The van der Waals surface area contributed by atoms with Gasteiger partial charge in [0.25, 0.3) is 5.91 Å². The number of Topliss-reactive ketones (excluding diaryl/α,β-unsaturated/α-hetero) is 1. The van der Waals surface area contributed by atoms with Gasteiger partial charge in [-0.1, -0.05) is 42.5 Å². The van der Waals surface area contributed by atoms with Crippen molar-refractivity contribution in [1.29, 1.82) is 0 Å². The van der Waals surface area contributed by atoms with E-state index in [1.54, 1.807) is 32.9 Å². The summed E-state index contributed by atoms with van der Waals surface area (Å²) in [6.45, 7) is 5.20. The fourth-order valence-corrected chi connectivity index (χ4v) is 3.08. The molecule has 0 aliphatic carbocycles. The van der Waals surface area contributed by atoms with Crippen LogP contribution in [0.15, 0.2) is 60.4 Å². The molecule has 0 bridgehead atoms. The molecule has 0 N–H and O–H groups in total. The van der Waals surface area contributed by atoms with Crippen molar-refractivity contribution in [3.05, 3.63) is 77.3 Å². The van der Waals surface area contributed by atoms with Crippen LogP contribution < -0.4 is 0 Å². The maximum absolute atomic E-state index is 13.2. The van der Waals surface area contributed by atoms with Gasteiger partial charge in [0.2, 0.25) is 0 Å². The molecule has 2 aromatic carbocycles. The lowest BCUT2D eigenvalue weighted by atomic mass is 9.90. The van der Waals surface area contributed by atoms with Crippen molar-refractivity contribution in [2.45, 2.75) is 32.7 Å². The standard InChI is InChI=1S/C22H22FNO3/c1-15-20(17-7-5-4-6-8-17)21(26)24(14-27-15)22(2,3)19(25)13-16-9-11-18(23)12-10-16/h4-12H,13-14H2,1-3H3. The Hall–Kier alpha value is -2.95. The van der Waals surface area contributed by atoms with Crippen LogP contribution in [0.2, 0.25) is 0 Å². The van der Waals surface area contributed by atoms with E-state index in [4.69, 9.17) is 4.74 Å². The largest absolute Gasteiger partial charge is 0.477 e. The molecule has 140 valence electrons. The number of ketones is 1. The molecular weight excluding hydrogens is 345 g/mol. The molecule has 0 saturated heterocycles. The third kappa shape index (κ3) is 3.77. The molecule has 5 heteroatoms. The van der Waals surface area contributed by atoms with Crippen LogP contribution in [0.3, 0.4) is 0 Å². The van der Waals surface area contributed by atoms with Crippen molar-refractivity contribution < 1.29 is 18.7 Å². The molecule has 4 nitrogen and oxygen atoms in total. The van der Waals surface area contributed by atoms with E-state index >= 15 is 0 Å². The Morgan fingerprint density at radius 1 is 1.11 bits per heavy atom. The van der Waals surface area contributed by atoms with E-state index in [-0.39, 0.29) is 30.7 Å². The van der Waals surface area contributed by atoms with Crippen molar-refractivity contribution in [3.63, 3.8) is 0 Å². The van der Waals surface area contributed by atoms with Gasteiger partial charge in [0.1, 0.15) is 11.6 Å². The third-order valence-corrected chi connectivity index (χ3v) is 4.92. The first-order valence-corrected chi connectivity index (χ1v) is 8.79. The number of carbonyl (C=O) groups excluding carboxylic acids is 2. The van der Waals surface area contributed by atoms with E-state index in [0.717, 1.165) is 5.56 Å². The van der Waals surface area contributed by atoms with Gasteiger partial charge in [-0.2, -0.15) is 0 Å². The SMILES string of the molecule is CC1=C(c2ccccc2)C(=O)N(C(C)(C)C(=O)Cc2ccc(F)cc2)CO1. The van der Waals surface area contributed by atoms with Crippen LogP contribution in [0, 0.1) is 5.82 Å². The third-order valence-electron chi connectivity index (χ3n) is 4.92. The first-order valence-electron chi connectivity index (χ1n) is 8.79.